The topological polar surface area (TPSA) is 46.9 Å². The summed E-state index contributed by atoms with van der Waals surface area (Å²) in [5.41, 5.74) is 3.41. The quantitative estimate of drug-likeness (QED) is 0.810. The van der Waals surface area contributed by atoms with Gasteiger partial charge in [-0.1, -0.05) is 12.1 Å². The zero-order chi connectivity index (χ0) is 11.8. The van der Waals surface area contributed by atoms with Crippen molar-refractivity contribution in [1.29, 1.82) is 0 Å². The fraction of sp³-hybridized carbons (Fsp3) is 0.385. The number of hydrogen-bond donors (Lipinski definition) is 1. The predicted octanol–water partition coefficient (Wildman–Crippen LogP) is 1.80. The highest BCUT2D eigenvalue weighted by atomic mass is 16.1. The summed E-state index contributed by atoms with van der Waals surface area (Å²) in [5, 5.41) is 2.91. The van der Waals surface area contributed by atoms with E-state index in [1.807, 2.05) is 6.33 Å². The summed E-state index contributed by atoms with van der Waals surface area (Å²) in [5.74, 6) is 0.154. The number of carbonyl (C=O) groups is 1. The second-order valence-corrected chi connectivity index (χ2v) is 4.59. The van der Waals surface area contributed by atoms with Crippen LogP contribution in [0.2, 0.25) is 0 Å². The van der Waals surface area contributed by atoms with Gasteiger partial charge in [-0.25, -0.2) is 4.98 Å². The minimum Gasteiger partial charge on any atom is -0.354 e. The van der Waals surface area contributed by atoms with Crippen molar-refractivity contribution >= 4 is 16.9 Å². The van der Waals surface area contributed by atoms with Crippen LogP contribution in [0, 0.1) is 6.92 Å². The van der Waals surface area contributed by atoms with Crippen molar-refractivity contribution in [2.24, 2.45) is 0 Å². The normalized spacial score (nSPS) is 20.5. The highest BCUT2D eigenvalue weighted by Gasteiger charge is 2.20. The predicted molar refractivity (Wildman–Crippen MR) is 65.8 cm³/mol. The zero-order valence-electron chi connectivity index (χ0n) is 9.81. The number of aromatic nitrogens is 2. The summed E-state index contributed by atoms with van der Waals surface area (Å²) < 4.78 is 2.18. The van der Waals surface area contributed by atoms with Crippen LogP contribution >= 0.6 is 0 Å². The van der Waals surface area contributed by atoms with Crippen LogP contribution in [0.3, 0.4) is 0 Å². The van der Waals surface area contributed by atoms with Crippen molar-refractivity contribution in [3.8, 4) is 0 Å². The second-order valence-electron chi connectivity index (χ2n) is 4.59. The maximum absolute atomic E-state index is 11.2. The van der Waals surface area contributed by atoms with Crippen LogP contribution in [0.4, 0.5) is 0 Å². The molecule has 0 spiro atoms. The number of amides is 1. The minimum atomic E-state index is 0.154. The van der Waals surface area contributed by atoms with Crippen molar-refractivity contribution in [3.05, 3.63) is 30.1 Å². The highest BCUT2D eigenvalue weighted by Crippen LogP contribution is 2.24. The summed E-state index contributed by atoms with van der Waals surface area (Å²) in [7, 11) is 0. The van der Waals surface area contributed by atoms with Gasteiger partial charge in [0.2, 0.25) is 5.91 Å². The van der Waals surface area contributed by atoms with E-state index in [1.54, 1.807) is 0 Å². The first-order chi connectivity index (χ1) is 8.25. The Kier molecular flexibility index (Phi) is 2.35. The molecule has 1 aromatic carbocycles. The molecule has 2 aromatic rings. The van der Waals surface area contributed by atoms with Crippen LogP contribution in [-0.4, -0.2) is 22.0 Å². The monoisotopic (exact) mass is 229 g/mol. The van der Waals surface area contributed by atoms with Gasteiger partial charge in [0.1, 0.15) is 0 Å². The van der Waals surface area contributed by atoms with Gasteiger partial charge in [-0.3, -0.25) is 4.79 Å². The van der Waals surface area contributed by atoms with Crippen molar-refractivity contribution in [3.63, 3.8) is 0 Å². The van der Waals surface area contributed by atoms with Crippen LogP contribution in [-0.2, 0) is 4.79 Å². The van der Waals surface area contributed by atoms with Gasteiger partial charge in [0, 0.05) is 13.0 Å². The summed E-state index contributed by atoms with van der Waals surface area (Å²) in [6.45, 7) is 2.78. The number of benzene rings is 1. The number of imidazole rings is 1. The first-order valence-corrected chi connectivity index (χ1v) is 5.94. The maximum atomic E-state index is 11.2. The van der Waals surface area contributed by atoms with Crippen LogP contribution in [0.1, 0.15) is 24.4 Å². The summed E-state index contributed by atoms with van der Waals surface area (Å²) in [6.07, 6.45) is 3.39. The molecule has 17 heavy (non-hydrogen) atoms. The average molecular weight is 229 g/mol. The Morgan fingerprint density at radius 2 is 2.35 bits per heavy atom. The van der Waals surface area contributed by atoms with E-state index in [0.717, 1.165) is 17.5 Å². The third kappa shape index (κ3) is 1.69. The van der Waals surface area contributed by atoms with Crippen LogP contribution in [0.5, 0.6) is 0 Å². The van der Waals surface area contributed by atoms with E-state index in [4.69, 9.17) is 0 Å². The number of nitrogens with zero attached hydrogens (tertiary/aromatic N) is 2. The molecule has 4 nitrogen and oxygen atoms in total. The molecule has 1 N–H and O–H groups in total. The zero-order valence-corrected chi connectivity index (χ0v) is 9.81. The molecular formula is C13H15N3O. The molecule has 1 aliphatic rings. The van der Waals surface area contributed by atoms with Crippen LogP contribution < -0.4 is 5.32 Å². The number of fused-ring (bicyclic) bond motifs is 1. The van der Waals surface area contributed by atoms with Gasteiger partial charge in [-0.15, -0.1) is 0 Å². The fourth-order valence-electron chi connectivity index (χ4n) is 2.45. The lowest BCUT2D eigenvalue weighted by Crippen LogP contribution is -2.35. The number of hydrogen-bond acceptors (Lipinski definition) is 2. The third-order valence-electron chi connectivity index (χ3n) is 3.44. The first kappa shape index (κ1) is 10.3. The molecule has 1 amide bonds. The van der Waals surface area contributed by atoms with E-state index in [2.05, 4.69) is 40.0 Å². The van der Waals surface area contributed by atoms with E-state index < -0.39 is 0 Å². The molecule has 1 saturated heterocycles. The molecule has 88 valence electrons. The molecule has 3 rings (SSSR count). The molecule has 1 aromatic heterocycles. The second kappa shape index (κ2) is 3.87. The van der Waals surface area contributed by atoms with Gasteiger partial charge in [-0.2, -0.15) is 0 Å². The van der Waals surface area contributed by atoms with Gasteiger partial charge in [0.05, 0.1) is 23.4 Å². The maximum Gasteiger partial charge on any atom is 0.220 e. The molecule has 1 atom stereocenters. The highest BCUT2D eigenvalue weighted by molar-refractivity contribution is 5.79. The Bertz CT molecular complexity index is 563. The molecular weight excluding hydrogens is 214 g/mol. The van der Waals surface area contributed by atoms with E-state index in [1.165, 1.54) is 5.56 Å². The number of carbonyl (C=O) groups excluding carboxylic acids is 1. The third-order valence-corrected chi connectivity index (χ3v) is 3.44. The van der Waals surface area contributed by atoms with E-state index in [0.29, 0.717) is 19.0 Å². The van der Waals surface area contributed by atoms with Crippen molar-refractivity contribution in [1.82, 2.24) is 14.9 Å². The van der Waals surface area contributed by atoms with Gasteiger partial charge in [-0.05, 0) is 25.0 Å². The summed E-state index contributed by atoms with van der Waals surface area (Å²) in [4.78, 5) is 15.6. The Hall–Kier alpha value is -1.84. The number of aryl methyl sites for hydroxylation is 1. The van der Waals surface area contributed by atoms with Gasteiger partial charge in [0.25, 0.3) is 0 Å². The molecule has 0 bridgehead atoms. The minimum absolute atomic E-state index is 0.154. The van der Waals surface area contributed by atoms with E-state index in [-0.39, 0.29) is 5.91 Å². The molecule has 4 heteroatoms. The molecule has 0 aliphatic carbocycles. The molecule has 1 unspecified atom stereocenters. The number of piperidine rings is 1. The molecule has 0 radical (unpaired) electrons. The van der Waals surface area contributed by atoms with Crippen LogP contribution in [0.25, 0.3) is 11.0 Å². The fourth-order valence-corrected chi connectivity index (χ4v) is 2.45. The Morgan fingerprint density at radius 1 is 1.47 bits per heavy atom. The van der Waals surface area contributed by atoms with E-state index >= 15 is 0 Å². The lowest BCUT2D eigenvalue weighted by atomic mass is 10.1. The van der Waals surface area contributed by atoms with Gasteiger partial charge in [0.15, 0.2) is 0 Å². The Labute approximate surface area is 99.6 Å². The largest absolute Gasteiger partial charge is 0.354 e. The lowest BCUT2D eigenvalue weighted by Gasteiger charge is -2.24. The van der Waals surface area contributed by atoms with E-state index in [9.17, 15) is 4.79 Å². The van der Waals surface area contributed by atoms with Gasteiger partial charge < -0.3 is 9.88 Å². The number of para-hydroxylation sites is 1. The van der Waals surface area contributed by atoms with Crippen molar-refractivity contribution < 1.29 is 4.79 Å². The van der Waals surface area contributed by atoms with Crippen molar-refractivity contribution in [2.45, 2.75) is 25.8 Å². The Balaban J connectivity index is 2.01. The lowest BCUT2D eigenvalue weighted by molar-refractivity contribution is -0.122. The number of nitrogens with one attached hydrogen (secondary N) is 1. The standard InChI is InChI=1S/C13H15N3O/c1-9-3-2-4-11-13(9)15-8-16(11)10-5-6-12(17)14-7-10/h2-4,8,10H,5-7H2,1H3,(H,14,17). The number of rotatable bonds is 1. The smallest absolute Gasteiger partial charge is 0.220 e. The SMILES string of the molecule is Cc1cccc2c1ncn2C1CCC(=O)NC1. The summed E-state index contributed by atoms with van der Waals surface area (Å²) in [6, 6.07) is 6.55. The molecule has 2 heterocycles. The first-order valence-electron chi connectivity index (χ1n) is 5.94. The van der Waals surface area contributed by atoms with Crippen LogP contribution in [0.15, 0.2) is 24.5 Å². The van der Waals surface area contributed by atoms with Crippen molar-refractivity contribution in [2.75, 3.05) is 6.54 Å². The molecule has 1 fully saturated rings. The Morgan fingerprint density at radius 3 is 3.12 bits per heavy atom. The summed E-state index contributed by atoms with van der Waals surface area (Å²) >= 11 is 0. The molecule has 1 aliphatic heterocycles. The van der Waals surface area contributed by atoms with Gasteiger partial charge >= 0.3 is 0 Å². The molecule has 0 saturated carbocycles. The average Bonchev–Trinajstić information content (AvgIpc) is 2.75.